The van der Waals surface area contributed by atoms with Crippen LogP contribution in [0, 0.1) is 23.1 Å². The van der Waals surface area contributed by atoms with Crippen molar-refractivity contribution in [1.29, 1.82) is 5.26 Å². The SMILES string of the molecule is N#CCN(C(=O)C1CCN(S(=O)(=O)c2ccccc2F)CC1)C1CC1. The first-order chi connectivity index (χ1) is 11.9. The van der Waals surface area contributed by atoms with Gasteiger partial charge >= 0.3 is 0 Å². The van der Waals surface area contributed by atoms with E-state index >= 15 is 0 Å². The molecular formula is C17H20FN3O3S. The van der Waals surface area contributed by atoms with E-state index in [1.165, 1.54) is 22.5 Å². The largest absolute Gasteiger partial charge is 0.326 e. The van der Waals surface area contributed by atoms with Crippen LogP contribution in [0.5, 0.6) is 0 Å². The Hall–Kier alpha value is -1.98. The summed E-state index contributed by atoms with van der Waals surface area (Å²) in [5, 5.41) is 8.89. The number of halogens is 1. The van der Waals surface area contributed by atoms with Crippen molar-refractivity contribution in [1.82, 2.24) is 9.21 Å². The molecule has 6 nitrogen and oxygen atoms in total. The highest BCUT2D eigenvalue weighted by Crippen LogP contribution is 2.31. The van der Waals surface area contributed by atoms with Gasteiger partial charge in [0.25, 0.3) is 0 Å². The van der Waals surface area contributed by atoms with Crippen LogP contribution in [0.15, 0.2) is 29.2 Å². The summed E-state index contributed by atoms with van der Waals surface area (Å²) in [6.45, 7) is 0.438. The molecule has 1 aromatic carbocycles. The number of nitriles is 1. The van der Waals surface area contributed by atoms with Gasteiger partial charge in [-0.3, -0.25) is 4.79 Å². The fourth-order valence-electron chi connectivity index (χ4n) is 3.22. The van der Waals surface area contributed by atoms with Gasteiger partial charge in [-0.1, -0.05) is 12.1 Å². The molecule has 2 aliphatic rings. The quantitative estimate of drug-likeness (QED) is 0.745. The van der Waals surface area contributed by atoms with Crippen LogP contribution in [0.25, 0.3) is 0 Å². The zero-order valence-corrected chi connectivity index (χ0v) is 14.6. The first kappa shape index (κ1) is 17.8. The van der Waals surface area contributed by atoms with E-state index in [1.54, 1.807) is 4.90 Å². The number of carbonyl (C=O) groups is 1. The van der Waals surface area contributed by atoms with Crippen molar-refractivity contribution >= 4 is 15.9 Å². The standard InChI is InChI=1S/C17H20FN3O3S/c18-15-3-1-2-4-16(15)25(23,24)20-10-7-13(8-11-20)17(22)21(12-9-19)14-5-6-14/h1-4,13-14H,5-8,10-12H2. The lowest BCUT2D eigenvalue weighted by molar-refractivity contribution is -0.136. The minimum Gasteiger partial charge on any atom is -0.326 e. The molecule has 1 heterocycles. The minimum absolute atomic E-state index is 0.0630. The molecule has 0 unspecified atom stereocenters. The topological polar surface area (TPSA) is 81.5 Å². The Kier molecular flexibility index (Phi) is 5.06. The molecule has 1 saturated carbocycles. The molecule has 8 heteroatoms. The molecule has 1 aliphatic carbocycles. The lowest BCUT2D eigenvalue weighted by Gasteiger charge is -2.33. The van der Waals surface area contributed by atoms with Gasteiger partial charge in [-0.25, -0.2) is 12.8 Å². The van der Waals surface area contributed by atoms with E-state index in [0.717, 1.165) is 18.9 Å². The third-order valence-electron chi connectivity index (χ3n) is 4.77. The molecule has 0 spiro atoms. The van der Waals surface area contributed by atoms with Gasteiger partial charge in [0.1, 0.15) is 17.3 Å². The molecule has 1 amide bonds. The third kappa shape index (κ3) is 3.67. The van der Waals surface area contributed by atoms with Crippen LogP contribution >= 0.6 is 0 Å². The molecular weight excluding hydrogens is 345 g/mol. The van der Waals surface area contributed by atoms with Crippen molar-refractivity contribution in [2.24, 2.45) is 5.92 Å². The minimum atomic E-state index is -3.90. The second-order valence-corrected chi connectivity index (χ2v) is 8.37. The van der Waals surface area contributed by atoms with Crippen LogP contribution < -0.4 is 0 Å². The van der Waals surface area contributed by atoms with Crippen molar-refractivity contribution < 1.29 is 17.6 Å². The van der Waals surface area contributed by atoms with Crippen LogP contribution in [-0.2, 0) is 14.8 Å². The normalized spacial score (nSPS) is 19.4. The van der Waals surface area contributed by atoms with Gasteiger partial charge in [-0.05, 0) is 37.8 Å². The van der Waals surface area contributed by atoms with Gasteiger partial charge in [0.2, 0.25) is 15.9 Å². The highest BCUT2D eigenvalue weighted by molar-refractivity contribution is 7.89. The zero-order chi connectivity index (χ0) is 18.0. The Bertz CT molecular complexity index is 794. The smallest absolute Gasteiger partial charge is 0.245 e. The van der Waals surface area contributed by atoms with Gasteiger partial charge in [0, 0.05) is 25.0 Å². The van der Waals surface area contributed by atoms with Crippen LogP contribution in [0.1, 0.15) is 25.7 Å². The number of rotatable bonds is 5. The molecule has 134 valence electrons. The van der Waals surface area contributed by atoms with E-state index in [4.69, 9.17) is 5.26 Å². The zero-order valence-electron chi connectivity index (χ0n) is 13.8. The van der Waals surface area contributed by atoms with Gasteiger partial charge < -0.3 is 4.90 Å². The van der Waals surface area contributed by atoms with Gasteiger partial charge in [-0.2, -0.15) is 9.57 Å². The Balaban J connectivity index is 1.66. The first-order valence-corrected chi connectivity index (χ1v) is 9.81. The van der Waals surface area contributed by atoms with E-state index in [0.29, 0.717) is 12.8 Å². The van der Waals surface area contributed by atoms with Crippen LogP contribution in [-0.4, -0.2) is 49.2 Å². The predicted octanol–water partition coefficient (Wildman–Crippen LogP) is 1.74. The average molecular weight is 365 g/mol. The van der Waals surface area contributed by atoms with Crippen molar-refractivity contribution in [3.05, 3.63) is 30.1 Å². The monoisotopic (exact) mass is 365 g/mol. The number of piperidine rings is 1. The van der Waals surface area contributed by atoms with E-state index in [2.05, 4.69) is 0 Å². The Morgan fingerprint density at radius 1 is 1.24 bits per heavy atom. The van der Waals surface area contributed by atoms with E-state index < -0.39 is 15.8 Å². The maximum atomic E-state index is 13.8. The molecule has 0 N–H and O–H groups in total. The molecule has 0 aromatic heterocycles. The van der Waals surface area contributed by atoms with Crippen molar-refractivity contribution in [3.8, 4) is 6.07 Å². The van der Waals surface area contributed by atoms with E-state index in [-0.39, 0.29) is 42.4 Å². The fraction of sp³-hybridized carbons (Fsp3) is 0.529. The van der Waals surface area contributed by atoms with Gasteiger partial charge in [0.15, 0.2) is 0 Å². The summed E-state index contributed by atoms with van der Waals surface area (Å²) < 4.78 is 40.2. The third-order valence-corrected chi connectivity index (χ3v) is 6.70. The number of amides is 1. The maximum Gasteiger partial charge on any atom is 0.245 e. The average Bonchev–Trinajstić information content (AvgIpc) is 3.44. The van der Waals surface area contributed by atoms with Crippen molar-refractivity contribution in [3.63, 3.8) is 0 Å². The lowest BCUT2D eigenvalue weighted by atomic mass is 9.96. The predicted molar refractivity (Wildman–Crippen MR) is 88.2 cm³/mol. The number of hydrogen-bond donors (Lipinski definition) is 0. The molecule has 0 bridgehead atoms. The molecule has 3 rings (SSSR count). The van der Waals surface area contributed by atoms with Crippen molar-refractivity contribution in [2.75, 3.05) is 19.6 Å². The van der Waals surface area contributed by atoms with Gasteiger partial charge in [0.05, 0.1) is 6.07 Å². The van der Waals surface area contributed by atoms with Crippen LogP contribution in [0.3, 0.4) is 0 Å². The summed E-state index contributed by atoms with van der Waals surface area (Å²) in [7, 11) is -3.90. The Labute approximate surface area is 146 Å². The number of benzene rings is 1. The molecule has 25 heavy (non-hydrogen) atoms. The highest BCUT2D eigenvalue weighted by atomic mass is 32.2. The molecule has 1 aliphatic heterocycles. The highest BCUT2D eigenvalue weighted by Gasteiger charge is 2.38. The molecule has 0 atom stereocenters. The summed E-state index contributed by atoms with van der Waals surface area (Å²) in [6.07, 6.45) is 2.63. The van der Waals surface area contributed by atoms with Crippen LogP contribution in [0.2, 0.25) is 0 Å². The molecule has 2 fully saturated rings. The summed E-state index contributed by atoms with van der Waals surface area (Å²) in [4.78, 5) is 13.9. The number of hydrogen-bond acceptors (Lipinski definition) is 4. The van der Waals surface area contributed by atoms with Crippen molar-refractivity contribution in [2.45, 2.75) is 36.6 Å². The Morgan fingerprint density at radius 3 is 2.44 bits per heavy atom. The number of nitrogens with zero attached hydrogens (tertiary/aromatic N) is 3. The second-order valence-electron chi connectivity index (χ2n) is 6.46. The second kappa shape index (κ2) is 7.10. The summed E-state index contributed by atoms with van der Waals surface area (Å²) in [5.41, 5.74) is 0. The summed E-state index contributed by atoms with van der Waals surface area (Å²) in [5.74, 6) is -1.11. The summed E-state index contributed by atoms with van der Waals surface area (Å²) in [6, 6.07) is 7.50. The van der Waals surface area contributed by atoms with Crippen LogP contribution in [0.4, 0.5) is 4.39 Å². The van der Waals surface area contributed by atoms with E-state index in [9.17, 15) is 17.6 Å². The fourth-order valence-corrected chi connectivity index (χ4v) is 4.75. The molecule has 1 aromatic rings. The Morgan fingerprint density at radius 2 is 1.88 bits per heavy atom. The summed E-state index contributed by atoms with van der Waals surface area (Å²) >= 11 is 0. The first-order valence-electron chi connectivity index (χ1n) is 8.37. The molecule has 0 radical (unpaired) electrons. The van der Waals surface area contributed by atoms with Gasteiger partial charge in [-0.15, -0.1) is 0 Å². The lowest BCUT2D eigenvalue weighted by Crippen LogP contribution is -2.45. The van der Waals surface area contributed by atoms with E-state index in [1.807, 2.05) is 6.07 Å². The number of sulfonamides is 1. The molecule has 1 saturated heterocycles. The maximum absolute atomic E-state index is 13.8. The number of carbonyl (C=O) groups excluding carboxylic acids is 1.